The van der Waals surface area contributed by atoms with Crippen molar-refractivity contribution in [1.82, 2.24) is 4.98 Å². The predicted octanol–water partition coefficient (Wildman–Crippen LogP) is 5.78. The number of aromatic nitrogens is 1. The number of benzene rings is 3. The first-order valence-electron chi connectivity index (χ1n) is 8.22. The van der Waals surface area contributed by atoms with E-state index < -0.39 is 10.8 Å². The largest absolute Gasteiger partial charge is 0.321 e. The molecule has 138 valence electrons. The third-order valence-corrected chi connectivity index (χ3v) is 5.51. The fourth-order valence-electron chi connectivity index (χ4n) is 2.68. The van der Waals surface area contributed by atoms with Gasteiger partial charge >= 0.3 is 0 Å². The van der Waals surface area contributed by atoms with Crippen LogP contribution in [-0.2, 0) is 0 Å². The summed E-state index contributed by atoms with van der Waals surface area (Å²) in [5.74, 6) is -0.404. The minimum Gasteiger partial charge on any atom is -0.321 e. The molecule has 0 atom stereocenters. The number of anilines is 1. The number of non-ortho nitro benzene ring substituents is 1. The highest BCUT2D eigenvalue weighted by atomic mass is 35.5. The van der Waals surface area contributed by atoms with Crippen LogP contribution < -0.4 is 5.32 Å². The van der Waals surface area contributed by atoms with E-state index in [0.717, 1.165) is 20.8 Å². The first-order chi connectivity index (χ1) is 13.5. The molecule has 28 heavy (non-hydrogen) atoms. The number of nitrogens with one attached hydrogen (secondary N) is 1. The highest BCUT2D eigenvalue weighted by Gasteiger charge is 2.13. The van der Waals surface area contributed by atoms with Crippen molar-refractivity contribution in [2.24, 2.45) is 0 Å². The van der Waals surface area contributed by atoms with Gasteiger partial charge in [-0.1, -0.05) is 29.8 Å². The van der Waals surface area contributed by atoms with Gasteiger partial charge in [0.2, 0.25) is 0 Å². The number of para-hydroxylation sites is 1. The normalized spacial score (nSPS) is 10.8. The number of hydrogen-bond donors (Lipinski definition) is 1. The molecule has 8 heteroatoms. The smallest absolute Gasteiger partial charge is 0.269 e. The van der Waals surface area contributed by atoms with Crippen LogP contribution >= 0.6 is 22.9 Å². The summed E-state index contributed by atoms with van der Waals surface area (Å²) in [6.45, 7) is 0. The average Bonchev–Trinajstić information content (AvgIpc) is 3.14. The van der Waals surface area contributed by atoms with Gasteiger partial charge in [-0.25, -0.2) is 4.98 Å². The Kier molecular flexibility index (Phi) is 4.77. The maximum Gasteiger partial charge on any atom is 0.269 e. The average molecular weight is 410 g/mol. The van der Waals surface area contributed by atoms with Crippen molar-refractivity contribution >= 4 is 50.4 Å². The molecule has 0 unspecified atom stereocenters. The number of carbonyl (C=O) groups excluding carboxylic acids is 1. The summed E-state index contributed by atoms with van der Waals surface area (Å²) in [5, 5.41) is 14.7. The minimum atomic E-state index is -0.514. The van der Waals surface area contributed by atoms with Crippen LogP contribution in [0.25, 0.3) is 20.8 Å². The van der Waals surface area contributed by atoms with Gasteiger partial charge in [0.25, 0.3) is 11.6 Å². The second-order valence-electron chi connectivity index (χ2n) is 5.94. The van der Waals surface area contributed by atoms with Crippen LogP contribution in [0.2, 0.25) is 5.02 Å². The Balaban J connectivity index is 1.61. The SMILES string of the molecule is O=C(Nc1cc(-c2nc3ccccc3s2)ccc1Cl)c1ccc([N+](=O)[O-])cc1. The zero-order valence-corrected chi connectivity index (χ0v) is 15.8. The Hall–Kier alpha value is -3.29. The van der Waals surface area contributed by atoms with Gasteiger partial charge in [-0.3, -0.25) is 14.9 Å². The maximum absolute atomic E-state index is 12.5. The fourth-order valence-corrected chi connectivity index (χ4v) is 3.81. The molecule has 3 aromatic carbocycles. The third kappa shape index (κ3) is 3.58. The molecule has 0 fully saturated rings. The Morgan fingerprint density at radius 2 is 1.82 bits per heavy atom. The molecule has 1 N–H and O–H groups in total. The second-order valence-corrected chi connectivity index (χ2v) is 7.38. The van der Waals surface area contributed by atoms with Crippen LogP contribution in [0.4, 0.5) is 11.4 Å². The minimum absolute atomic E-state index is 0.0765. The molecule has 0 saturated heterocycles. The highest BCUT2D eigenvalue weighted by Crippen LogP contribution is 2.34. The number of amides is 1. The lowest BCUT2D eigenvalue weighted by molar-refractivity contribution is -0.384. The lowest BCUT2D eigenvalue weighted by atomic mass is 10.1. The fraction of sp³-hybridized carbons (Fsp3) is 0. The first-order valence-corrected chi connectivity index (χ1v) is 9.42. The Morgan fingerprint density at radius 3 is 2.54 bits per heavy atom. The molecule has 0 aliphatic carbocycles. The third-order valence-electron chi connectivity index (χ3n) is 4.10. The summed E-state index contributed by atoms with van der Waals surface area (Å²) < 4.78 is 1.07. The molecule has 0 aliphatic heterocycles. The maximum atomic E-state index is 12.5. The van der Waals surface area contributed by atoms with Gasteiger partial charge in [-0.05, 0) is 36.4 Å². The van der Waals surface area contributed by atoms with Crippen molar-refractivity contribution in [1.29, 1.82) is 0 Å². The van der Waals surface area contributed by atoms with Crippen molar-refractivity contribution in [2.45, 2.75) is 0 Å². The summed E-state index contributed by atoms with van der Waals surface area (Å²) in [6, 6.07) is 18.5. The predicted molar refractivity (Wildman–Crippen MR) is 111 cm³/mol. The number of halogens is 1. The summed E-state index contributed by atoms with van der Waals surface area (Å²) in [7, 11) is 0. The number of thiazole rings is 1. The number of rotatable bonds is 4. The van der Waals surface area contributed by atoms with E-state index in [-0.39, 0.29) is 5.69 Å². The highest BCUT2D eigenvalue weighted by molar-refractivity contribution is 7.21. The van der Waals surface area contributed by atoms with Crippen LogP contribution in [-0.4, -0.2) is 15.8 Å². The van der Waals surface area contributed by atoms with E-state index in [2.05, 4.69) is 10.3 Å². The molecular formula is C20H12ClN3O3S. The monoisotopic (exact) mass is 409 g/mol. The topological polar surface area (TPSA) is 85.1 Å². The van der Waals surface area contributed by atoms with Gasteiger partial charge < -0.3 is 5.32 Å². The Labute approximate surface area is 168 Å². The Bertz CT molecular complexity index is 1170. The molecule has 0 aliphatic rings. The standard InChI is InChI=1S/C20H12ClN3O3S/c21-15-10-7-13(20-23-16-3-1-2-4-18(16)28-20)11-17(15)22-19(25)12-5-8-14(9-6-12)24(26)27/h1-11H,(H,22,25). The van der Waals surface area contributed by atoms with Crippen molar-refractivity contribution in [3.05, 3.63) is 87.4 Å². The van der Waals surface area contributed by atoms with E-state index in [9.17, 15) is 14.9 Å². The number of hydrogen-bond acceptors (Lipinski definition) is 5. The lowest BCUT2D eigenvalue weighted by Gasteiger charge is -2.09. The van der Waals surface area contributed by atoms with Gasteiger partial charge in [0, 0.05) is 23.3 Å². The molecule has 1 heterocycles. The molecule has 1 amide bonds. The molecule has 0 bridgehead atoms. The number of carbonyl (C=O) groups is 1. The van der Waals surface area contributed by atoms with Crippen LogP contribution in [0, 0.1) is 10.1 Å². The molecule has 1 aromatic heterocycles. The van der Waals surface area contributed by atoms with Crippen molar-refractivity contribution in [3.63, 3.8) is 0 Å². The van der Waals surface area contributed by atoms with E-state index in [1.54, 1.807) is 23.5 Å². The molecule has 0 spiro atoms. The summed E-state index contributed by atoms with van der Waals surface area (Å²) in [5.41, 5.74) is 2.42. The van der Waals surface area contributed by atoms with Gasteiger partial charge in [0.15, 0.2) is 0 Å². The van der Waals surface area contributed by atoms with E-state index in [1.165, 1.54) is 24.3 Å². The summed E-state index contributed by atoms with van der Waals surface area (Å²) in [4.78, 5) is 27.3. The van der Waals surface area contributed by atoms with Gasteiger partial charge in [-0.2, -0.15) is 0 Å². The van der Waals surface area contributed by atoms with Crippen LogP contribution in [0.15, 0.2) is 66.7 Å². The van der Waals surface area contributed by atoms with Gasteiger partial charge in [0.05, 0.1) is 25.8 Å². The number of nitrogens with zero attached hydrogens (tertiary/aromatic N) is 2. The van der Waals surface area contributed by atoms with Crippen molar-refractivity contribution < 1.29 is 9.72 Å². The van der Waals surface area contributed by atoms with E-state index in [4.69, 9.17) is 11.6 Å². The van der Waals surface area contributed by atoms with Crippen molar-refractivity contribution in [2.75, 3.05) is 5.32 Å². The number of nitro groups is 1. The van der Waals surface area contributed by atoms with Gasteiger partial charge in [-0.15, -0.1) is 11.3 Å². The number of nitro benzene ring substituents is 1. The zero-order valence-electron chi connectivity index (χ0n) is 14.3. The summed E-state index contributed by atoms with van der Waals surface area (Å²) >= 11 is 7.79. The zero-order chi connectivity index (χ0) is 19.7. The Morgan fingerprint density at radius 1 is 1.07 bits per heavy atom. The number of fused-ring (bicyclic) bond motifs is 1. The molecule has 4 rings (SSSR count). The van der Waals surface area contributed by atoms with Crippen LogP contribution in [0.5, 0.6) is 0 Å². The lowest BCUT2D eigenvalue weighted by Crippen LogP contribution is -2.12. The van der Waals surface area contributed by atoms with Crippen LogP contribution in [0.1, 0.15) is 10.4 Å². The van der Waals surface area contributed by atoms with E-state index in [1.807, 2.05) is 30.3 Å². The summed E-state index contributed by atoms with van der Waals surface area (Å²) in [6.07, 6.45) is 0. The quantitative estimate of drug-likeness (QED) is 0.342. The van der Waals surface area contributed by atoms with Crippen molar-refractivity contribution in [3.8, 4) is 10.6 Å². The molecule has 4 aromatic rings. The van der Waals surface area contributed by atoms with Gasteiger partial charge in [0.1, 0.15) is 5.01 Å². The van der Waals surface area contributed by atoms with E-state index >= 15 is 0 Å². The molecular weight excluding hydrogens is 398 g/mol. The van der Waals surface area contributed by atoms with E-state index in [0.29, 0.717) is 16.3 Å². The second kappa shape index (κ2) is 7.38. The molecule has 0 saturated carbocycles. The first kappa shape index (κ1) is 18.1. The van der Waals surface area contributed by atoms with Crippen LogP contribution in [0.3, 0.4) is 0 Å². The molecule has 0 radical (unpaired) electrons. The molecule has 6 nitrogen and oxygen atoms in total.